The Hall–Kier alpha value is -1.62. The molecular formula is C13H18FNO3. The normalized spacial score (nSPS) is 12.0. The number of carbonyl (C=O) groups excluding carboxylic acids is 1. The molecule has 0 saturated heterocycles. The van der Waals surface area contributed by atoms with Gasteiger partial charge in [0.15, 0.2) is 11.6 Å². The summed E-state index contributed by atoms with van der Waals surface area (Å²) in [6.07, 6.45) is 0.413. The van der Waals surface area contributed by atoms with Crippen molar-refractivity contribution in [1.29, 1.82) is 0 Å². The van der Waals surface area contributed by atoms with E-state index in [0.29, 0.717) is 6.42 Å². The van der Waals surface area contributed by atoms with Gasteiger partial charge in [-0.1, -0.05) is 6.07 Å². The van der Waals surface area contributed by atoms with Crippen molar-refractivity contribution in [3.05, 3.63) is 29.6 Å². The van der Waals surface area contributed by atoms with Gasteiger partial charge in [-0.25, -0.2) is 4.39 Å². The molecule has 0 radical (unpaired) electrons. The van der Waals surface area contributed by atoms with Crippen molar-refractivity contribution in [2.24, 2.45) is 0 Å². The third kappa shape index (κ3) is 4.00. The van der Waals surface area contributed by atoms with Crippen LogP contribution in [-0.4, -0.2) is 32.8 Å². The van der Waals surface area contributed by atoms with Crippen LogP contribution in [0.25, 0.3) is 0 Å². The van der Waals surface area contributed by atoms with E-state index in [4.69, 9.17) is 4.74 Å². The third-order valence-electron chi connectivity index (χ3n) is 2.58. The molecule has 0 aliphatic carbocycles. The van der Waals surface area contributed by atoms with Gasteiger partial charge in [0.05, 0.1) is 13.7 Å². The van der Waals surface area contributed by atoms with Crippen LogP contribution in [0, 0.1) is 12.7 Å². The third-order valence-corrected chi connectivity index (χ3v) is 2.58. The Morgan fingerprint density at radius 3 is 2.83 bits per heavy atom. The topological polar surface area (TPSA) is 47.6 Å². The molecule has 0 aliphatic heterocycles. The standard InChI is InChI=1S/C13H18FNO3/c1-9-4-5-10(14)12(8-9)18-7-6-11(15-2)13(16)17-3/h4-5,8,11,15H,6-7H2,1-3H3. The number of methoxy groups -OCH3 is 1. The highest BCUT2D eigenvalue weighted by atomic mass is 19.1. The number of halogens is 1. The van der Waals surface area contributed by atoms with Gasteiger partial charge in [-0.3, -0.25) is 4.79 Å². The van der Waals surface area contributed by atoms with E-state index in [-0.39, 0.29) is 18.3 Å². The van der Waals surface area contributed by atoms with Crippen LogP contribution in [0.5, 0.6) is 5.75 Å². The van der Waals surface area contributed by atoms with Gasteiger partial charge in [0.1, 0.15) is 6.04 Å². The summed E-state index contributed by atoms with van der Waals surface area (Å²) in [6.45, 7) is 2.10. The van der Waals surface area contributed by atoms with Gasteiger partial charge in [-0.15, -0.1) is 0 Å². The minimum Gasteiger partial charge on any atom is -0.490 e. The van der Waals surface area contributed by atoms with Crippen molar-refractivity contribution in [2.45, 2.75) is 19.4 Å². The molecule has 0 bridgehead atoms. The first-order valence-electron chi connectivity index (χ1n) is 5.72. The smallest absolute Gasteiger partial charge is 0.322 e. The summed E-state index contributed by atoms with van der Waals surface area (Å²) in [4.78, 5) is 11.3. The molecule has 18 heavy (non-hydrogen) atoms. The number of likely N-dealkylation sites (N-methyl/N-ethyl adjacent to an activating group) is 1. The summed E-state index contributed by atoms with van der Waals surface area (Å²) in [5.74, 6) is -0.555. The number of esters is 1. The summed E-state index contributed by atoms with van der Waals surface area (Å²) in [5.41, 5.74) is 0.921. The number of benzene rings is 1. The van der Waals surface area contributed by atoms with E-state index in [1.54, 1.807) is 19.2 Å². The molecule has 0 saturated carbocycles. The molecule has 0 spiro atoms. The lowest BCUT2D eigenvalue weighted by molar-refractivity contribution is -0.143. The molecule has 1 aromatic rings. The first-order valence-corrected chi connectivity index (χ1v) is 5.72. The molecule has 0 aromatic heterocycles. The zero-order valence-corrected chi connectivity index (χ0v) is 10.8. The van der Waals surface area contributed by atoms with Crippen LogP contribution in [0.3, 0.4) is 0 Å². The quantitative estimate of drug-likeness (QED) is 0.785. The molecule has 0 aliphatic rings. The Balaban J connectivity index is 2.50. The van der Waals surface area contributed by atoms with Gasteiger partial charge in [0.2, 0.25) is 0 Å². The second-order valence-electron chi connectivity index (χ2n) is 3.94. The average Bonchev–Trinajstić information content (AvgIpc) is 2.37. The number of hydrogen-bond acceptors (Lipinski definition) is 4. The zero-order valence-electron chi connectivity index (χ0n) is 10.8. The maximum absolute atomic E-state index is 13.4. The fourth-order valence-electron chi connectivity index (χ4n) is 1.53. The van der Waals surface area contributed by atoms with Gasteiger partial charge >= 0.3 is 5.97 Å². The highest BCUT2D eigenvalue weighted by Crippen LogP contribution is 2.18. The van der Waals surface area contributed by atoms with Gasteiger partial charge in [-0.2, -0.15) is 0 Å². The lowest BCUT2D eigenvalue weighted by Crippen LogP contribution is -2.36. The van der Waals surface area contributed by atoms with Gasteiger partial charge in [0.25, 0.3) is 0 Å². The second-order valence-corrected chi connectivity index (χ2v) is 3.94. The van der Waals surface area contributed by atoms with E-state index >= 15 is 0 Å². The highest BCUT2D eigenvalue weighted by molar-refractivity contribution is 5.75. The van der Waals surface area contributed by atoms with E-state index in [1.807, 2.05) is 6.92 Å². The molecule has 1 unspecified atom stereocenters. The molecule has 1 rings (SSSR count). The Bertz CT molecular complexity index is 409. The van der Waals surface area contributed by atoms with Crippen molar-refractivity contribution >= 4 is 5.97 Å². The van der Waals surface area contributed by atoms with Gasteiger partial charge < -0.3 is 14.8 Å². The highest BCUT2D eigenvalue weighted by Gasteiger charge is 2.16. The van der Waals surface area contributed by atoms with Crippen LogP contribution >= 0.6 is 0 Å². The number of aryl methyl sites for hydroxylation is 1. The van der Waals surface area contributed by atoms with Crippen LogP contribution in [0.15, 0.2) is 18.2 Å². The fraction of sp³-hybridized carbons (Fsp3) is 0.462. The summed E-state index contributed by atoms with van der Waals surface area (Å²) in [7, 11) is 2.99. The van der Waals surface area contributed by atoms with Crippen molar-refractivity contribution in [3.63, 3.8) is 0 Å². The number of hydrogen-bond donors (Lipinski definition) is 1. The first kappa shape index (κ1) is 14.4. The summed E-state index contributed by atoms with van der Waals surface area (Å²) < 4.78 is 23.3. The lowest BCUT2D eigenvalue weighted by Gasteiger charge is -2.14. The predicted octanol–water partition coefficient (Wildman–Crippen LogP) is 1.66. The molecule has 1 atom stereocenters. The summed E-state index contributed by atoms with van der Waals surface area (Å²) in [5, 5.41) is 2.82. The lowest BCUT2D eigenvalue weighted by atomic mass is 10.2. The molecule has 1 N–H and O–H groups in total. The maximum Gasteiger partial charge on any atom is 0.322 e. The van der Waals surface area contributed by atoms with Gasteiger partial charge in [0, 0.05) is 6.42 Å². The Labute approximate surface area is 106 Å². The van der Waals surface area contributed by atoms with E-state index in [2.05, 4.69) is 10.1 Å². The van der Waals surface area contributed by atoms with Crippen LogP contribution in [-0.2, 0) is 9.53 Å². The van der Waals surface area contributed by atoms with Crippen molar-refractivity contribution in [2.75, 3.05) is 20.8 Å². The van der Waals surface area contributed by atoms with E-state index in [9.17, 15) is 9.18 Å². The van der Waals surface area contributed by atoms with Crippen LogP contribution in [0.2, 0.25) is 0 Å². The molecular weight excluding hydrogens is 237 g/mol. The van der Waals surface area contributed by atoms with E-state index in [1.165, 1.54) is 13.2 Å². The van der Waals surface area contributed by atoms with Crippen LogP contribution in [0.4, 0.5) is 4.39 Å². The van der Waals surface area contributed by atoms with E-state index < -0.39 is 11.9 Å². The second kappa shape index (κ2) is 6.96. The number of carbonyl (C=O) groups is 1. The zero-order chi connectivity index (χ0) is 13.5. The van der Waals surface area contributed by atoms with Crippen LogP contribution < -0.4 is 10.1 Å². The molecule has 0 heterocycles. The number of nitrogens with one attached hydrogen (secondary N) is 1. The van der Waals surface area contributed by atoms with Crippen molar-refractivity contribution in [3.8, 4) is 5.75 Å². The monoisotopic (exact) mass is 255 g/mol. The van der Waals surface area contributed by atoms with Crippen molar-refractivity contribution < 1.29 is 18.7 Å². The summed E-state index contributed by atoms with van der Waals surface area (Å²) >= 11 is 0. The number of ether oxygens (including phenoxy) is 2. The fourth-order valence-corrected chi connectivity index (χ4v) is 1.53. The maximum atomic E-state index is 13.4. The Morgan fingerprint density at radius 1 is 1.50 bits per heavy atom. The van der Waals surface area contributed by atoms with Gasteiger partial charge in [-0.05, 0) is 31.7 Å². The SMILES string of the molecule is CNC(CCOc1cc(C)ccc1F)C(=O)OC. The predicted molar refractivity (Wildman–Crippen MR) is 66.1 cm³/mol. The minimum absolute atomic E-state index is 0.203. The molecule has 0 fully saturated rings. The van der Waals surface area contributed by atoms with Crippen LogP contribution in [0.1, 0.15) is 12.0 Å². The summed E-state index contributed by atoms with van der Waals surface area (Å²) in [6, 6.07) is 4.22. The molecule has 5 heteroatoms. The Kier molecular flexibility index (Phi) is 5.58. The van der Waals surface area contributed by atoms with E-state index in [0.717, 1.165) is 5.56 Å². The molecule has 100 valence electrons. The largest absolute Gasteiger partial charge is 0.490 e. The number of rotatable bonds is 6. The first-order chi connectivity index (χ1) is 8.58. The molecule has 0 amide bonds. The molecule has 1 aromatic carbocycles. The minimum atomic E-state index is -0.442. The van der Waals surface area contributed by atoms with Crippen molar-refractivity contribution in [1.82, 2.24) is 5.32 Å². The average molecular weight is 255 g/mol. The molecule has 4 nitrogen and oxygen atoms in total. The Morgan fingerprint density at radius 2 is 2.22 bits per heavy atom.